The number of rotatable bonds is 10. The largest absolute Gasteiger partial charge is 0.483 e. The van der Waals surface area contributed by atoms with Crippen LogP contribution in [0.3, 0.4) is 0 Å². The standard InChI is InChI=1S/C19H25N3O5S/c1-3-9-21(10-4-2)18(23)14-27-17-8-7-15(13-16(17)19(20)24)28(25,26)22-11-5-6-12-22/h3-4,7-8,13H,1-2,5-6,9-12,14H2,(H2,20,24). The Labute approximate surface area is 165 Å². The number of carbonyl (C=O) groups excluding carboxylic acids is 2. The molecule has 1 heterocycles. The minimum atomic E-state index is -3.70. The lowest BCUT2D eigenvalue weighted by Crippen LogP contribution is -2.35. The molecule has 0 atom stereocenters. The zero-order chi connectivity index (χ0) is 20.7. The molecule has 28 heavy (non-hydrogen) atoms. The van der Waals surface area contributed by atoms with Crippen molar-refractivity contribution in [2.24, 2.45) is 5.73 Å². The van der Waals surface area contributed by atoms with E-state index in [2.05, 4.69) is 13.2 Å². The van der Waals surface area contributed by atoms with Gasteiger partial charge in [-0.3, -0.25) is 9.59 Å². The molecule has 0 bridgehead atoms. The summed E-state index contributed by atoms with van der Waals surface area (Å²) in [5.41, 5.74) is 5.30. The molecular weight excluding hydrogens is 382 g/mol. The highest BCUT2D eigenvalue weighted by Crippen LogP contribution is 2.26. The number of nitrogens with two attached hydrogens (primary N) is 1. The molecule has 1 aromatic carbocycles. The molecule has 152 valence electrons. The molecule has 0 aliphatic carbocycles. The molecule has 0 radical (unpaired) electrons. The second-order valence-electron chi connectivity index (χ2n) is 6.30. The summed E-state index contributed by atoms with van der Waals surface area (Å²) in [6.07, 6.45) is 4.76. The van der Waals surface area contributed by atoms with Crippen molar-refractivity contribution in [1.82, 2.24) is 9.21 Å². The number of ether oxygens (including phenoxy) is 1. The normalized spacial score (nSPS) is 14.4. The zero-order valence-corrected chi connectivity index (χ0v) is 16.5. The predicted octanol–water partition coefficient (Wildman–Crippen LogP) is 1.15. The number of carbonyl (C=O) groups is 2. The molecule has 8 nitrogen and oxygen atoms in total. The predicted molar refractivity (Wildman–Crippen MR) is 105 cm³/mol. The van der Waals surface area contributed by atoms with Crippen LogP contribution >= 0.6 is 0 Å². The number of hydrogen-bond donors (Lipinski definition) is 1. The maximum atomic E-state index is 12.7. The third kappa shape index (κ3) is 4.99. The van der Waals surface area contributed by atoms with Gasteiger partial charge in [0, 0.05) is 26.2 Å². The minimum Gasteiger partial charge on any atom is -0.483 e. The zero-order valence-electron chi connectivity index (χ0n) is 15.7. The van der Waals surface area contributed by atoms with Gasteiger partial charge in [0.2, 0.25) is 10.0 Å². The number of nitrogens with zero attached hydrogens (tertiary/aromatic N) is 2. The van der Waals surface area contributed by atoms with Crippen molar-refractivity contribution in [3.8, 4) is 5.75 Å². The van der Waals surface area contributed by atoms with Crippen LogP contribution in [0.5, 0.6) is 5.75 Å². The second kappa shape index (κ2) is 9.52. The van der Waals surface area contributed by atoms with Gasteiger partial charge in [-0.05, 0) is 31.0 Å². The Morgan fingerprint density at radius 3 is 2.32 bits per heavy atom. The van der Waals surface area contributed by atoms with Gasteiger partial charge in [-0.15, -0.1) is 13.2 Å². The Morgan fingerprint density at radius 2 is 1.79 bits per heavy atom. The maximum Gasteiger partial charge on any atom is 0.261 e. The van der Waals surface area contributed by atoms with Gasteiger partial charge < -0.3 is 15.4 Å². The van der Waals surface area contributed by atoms with Crippen LogP contribution in [0.15, 0.2) is 48.4 Å². The summed E-state index contributed by atoms with van der Waals surface area (Å²) in [5.74, 6) is -1.11. The lowest BCUT2D eigenvalue weighted by molar-refractivity contribution is -0.132. The fourth-order valence-electron chi connectivity index (χ4n) is 2.89. The minimum absolute atomic E-state index is 0.0261. The van der Waals surface area contributed by atoms with Gasteiger partial charge in [0.25, 0.3) is 11.8 Å². The molecule has 0 unspecified atom stereocenters. The Balaban J connectivity index is 2.21. The Bertz CT molecular complexity index is 850. The van der Waals surface area contributed by atoms with E-state index in [9.17, 15) is 18.0 Å². The molecule has 2 rings (SSSR count). The molecule has 0 saturated carbocycles. The van der Waals surface area contributed by atoms with Crippen molar-refractivity contribution < 1.29 is 22.7 Å². The topological polar surface area (TPSA) is 110 Å². The first-order valence-electron chi connectivity index (χ1n) is 8.87. The van der Waals surface area contributed by atoms with Gasteiger partial charge in [-0.1, -0.05) is 12.2 Å². The van der Waals surface area contributed by atoms with Gasteiger partial charge in [0.1, 0.15) is 5.75 Å². The van der Waals surface area contributed by atoms with Crippen molar-refractivity contribution in [2.75, 3.05) is 32.8 Å². The number of hydrogen-bond acceptors (Lipinski definition) is 5. The summed E-state index contributed by atoms with van der Waals surface area (Å²) < 4.78 is 32.2. The number of amides is 2. The third-order valence-corrected chi connectivity index (χ3v) is 6.22. The SMILES string of the molecule is C=CCN(CC=C)C(=O)COc1ccc(S(=O)(=O)N2CCCC2)cc1C(N)=O. The van der Waals surface area contributed by atoms with Gasteiger partial charge in [0.15, 0.2) is 6.61 Å². The molecule has 1 aromatic rings. The summed E-state index contributed by atoms with van der Waals surface area (Å²) >= 11 is 0. The van der Waals surface area contributed by atoms with E-state index in [1.54, 1.807) is 12.2 Å². The molecule has 2 N–H and O–H groups in total. The van der Waals surface area contributed by atoms with Crippen LogP contribution in [0.1, 0.15) is 23.2 Å². The first kappa shape index (κ1) is 21.6. The number of sulfonamides is 1. The molecule has 2 amide bonds. The van der Waals surface area contributed by atoms with E-state index in [1.165, 1.54) is 27.4 Å². The van der Waals surface area contributed by atoms with Crippen molar-refractivity contribution in [3.63, 3.8) is 0 Å². The summed E-state index contributed by atoms with van der Waals surface area (Å²) in [4.78, 5) is 25.5. The average molecular weight is 407 g/mol. The lowest BCUT2D eigenvalue weighted by atomic mass is 10.2. The second-order valence-corrected chi connectivity index (χ2v) is 8.24. The fourth-order valence-corrected chi connectivity index (χ4v) is 4.43. The third-order valence-electron chi connectivity index (χ3n) is 4.32. The van der Waals surface area contributed by atoms with Crippen LogP contribution in [-0.2, 0) is 14.8 Å². The van der Waals surface area contributed by atoms with Crippen LogP contribution in [0.25, 0.3) is 0 Å². The van der Waals surface area contributed by atoms with Crippen molar-refractivity contribution in [3.05, 3.63) is 49.1 Å². The van der Waals surface area contributed by atoms with Crippen LogP contribution < -0.4 is 10.5 Å². The molecule has 0 spiro atoms. The van der Waals surface area contributed by atoms with Crippen LogP contribution in [0.2, 0.25) is 0 Å². The molecule has 0 aromatic heterocycles. The molecule has 1 fully saturated rings. The van der Waals surface area contributed by atoms with Crippen LogP contribution in [0.4, 0.5) is 0 Å². The van der Waals surface area contributed by atoms with Crippen LogP contribution in [0, 0.1) is 0 Å². The number of primary amides is 1. The van der Waals surface area contributed by atoms with E-state index in [1.807, 2.05) is 0 Å². The monoisotopic (exact) mass is 407 g/mol. The van der Waals surface area contributed by atoms with Crippen molar-refractivity contribution in [1.29, 1.82) is 0 Å². The Hall–Kier alpha value is -2.65. The highest BCUT2D eigenvalue weighted by molar-refractivity contribution is 7.89. The smallest absolute Gasteiger partial charge is 0.261 e. The van der Waals surface area contributed by atoms with E-state index >= 15 is 0 Å². The Kier molecular flexibility index (Phi) is 7.36. The summed E-state index contributed by atoms with van der Waals surface area (Å²) in [6, 6.07) is 3.90. The maximum absolute atomic E-state index is 12.7. The Morgan fingerprint density at radius 1 is 1.18 bits per heavy atom. The number of benzene rings is 1. The van der Waals surface area contributed by atoms with E-state index in [-0.39, 0.29) is 28.7 Å². The van der Waals surface area contributed by atoms with Gasteiger partial charge in [0.05, 0.1) is 10.5 Å². The van der Waals surface area contributed by atoms with Gasteiger partial charge in [-0.2, -0.15) is 4.31 Å². The molecule has 1 saturated heterocycles. The molecule has 9 heteroatoms. The van der Waals surface area contributed by atoms with E-state index in [4.69, 9.17) is 10.5 Å². The molecule has 1 aliphatic heterocycles. The quantitative estimate of drug-likeness (QED) is 0.585. The molecular formula is C19H25N3O5S. The van der Waals surface area contributed by atoms with Gasteiger partial charge >= 0.3 is 0 Å². The fraction of sp³-hybridized carbons (Fsp3) is 0.368. The highest BCUT2D eigenvalue weighted by atomic mass is 32.2. The summed E-state index contributed by atoms with van der Waals surface area (Å²) in [7, 11) is -3.70. The summed E-state index contributed by atoms with van der Waals surface area (Å²) in [6.45, 7) is 8.40. The lowest BCUT2D eigenvalue weighted by Gasteiger charge is -2.20. The average Bonchev–Trinajstić information content (AvgIpc) is 3.21. The molecule has 1 aliphatic rings. The van der Waals surface area contributed by atoms with E-state index in [0.29, 0.717) is 26.2 Å². The first-order valence-corrected chi connectivity index (χ1v) is 10.3. The van der Waals surface area contributed by atoms with Crippen molar-refractivity contribution >= 4 is 21.8 Å². The van der Waals surface area contributed by atoms with Crippen molar-refractivity contribution in [2.45, 2.75) is 17.7 Å². The first-order chi connectivity index (χ1) is 13.3. The summed E-state index contributed by atoms with van der Waals surface area (Å²) in [5, 5.41) is 0. The van der Waals surface area contributed by atoms with Crippen LogP contribution in [-0.4, -0.2) is 62.2 Å². The van der Waals surface area contributed by atoms with E-state index < -0.39 is 15.9 Å². The highest BCUT2D eigenvalue weighted by Gasteiger charge is 2.28. The van der Waals surface area contributed by atoms with Gasteiger partial charge in [-0.25, -0.2) is 8.42 Å². The van der Waals surface area contributed by atoms with E-state index in [0.717, 1.165) is 12.8 Å².